The molecule has 1 aliphatic rings. The molecule has 1 fully saturated rings. The van der Waals surface area contributed by atoms with Crippen LogP contribution in [-0.2, 0) is 4.74 Å². The topological polar surface area (TPSA) is 77.9 Å². The highest BCUT2D eigenvalue weighted by Crippen LogP contribution is 2.21. The second kappa shape index (κ2) is 11.2. The average molecular weight is 392 g/mol. The zero-order valence-corrected chi connectivity index (χ0v) is 18.1. The lowest BCUT2D eigenvalue weighted by Crippen LogP contribution is -2.49. The van der Waals surface area contributed by atoms with Crippen molar-refractivity contribution in [1.82, 2.24) is 25.5 Å². The maximum Gasteiger partial charge on any atom is 0.225 e. The van der Waals surface area contributed by atoms with Crippen LogP contribution in [-0.4, -0.2) is 86.4 Å². The summed E-state index contributed by atoms with van der Waals surface area (Å²) in [4.78, 5) is 18.1. The van der Waals surface area contributed by atoms with Crippen molar-refractivity contribution in [3.8, 4) is 0 Å². The van der Waals surface area contributed by atoms with E-state index >= 15 is 0 Å². The minimum Gasteiger partial charge on any atom is -0.379 e. The van der Waals surface area contributed by atoms with E-state index in [9.17, 15) is 0 Å². The molecular formula is C20H37N7O. The van der Waals surface area contributed by atoms with E-state index < -0.39 is 0 Å². The molecule has 1 aromatic rings. The van der Waals surface area contributed by atoms with Crippen LogP contribution in [0.1, 0.15) is 27.7 Å². The van der Waals surface area contributed by atoms with Gasteiger partial charge in [0.1, 0.15) is 0 Å². The highest BCUT2D eigenvalue weighted by Gasteiger charge is 2.24. The lowest BCUT2D eigenvalue weighted by atomic mass is 9.89. The van der Waals surface area contributed by atoms with Crippen molar-refractivity contribution in [3.05, 3.63) is 18.5 Å². The Morgan fingerprint density at radius 1 is 1.18 bits per heavy atom. The molecule has 1 unspecified atom stereocenters. The second-order valence-electron chi connectivity index (χ2n) is 8.11. The number of anilines is 1. The van der Waals surface area contributed by atoms with E-state index in [0.29, 0.717) is 6.54 Å². The summed E-state index contributed by atoms with van der Waals surface area (Å²) in [6, 6.07) is 1.85. The molecule has 0 radical (unpaired) electrons. The van der Waals surface area contributed by atoms with Crippen molar-refractivity contribution in [2.45, 2.75) is 33.8 Å². The summed E-state index contributed by atoms with van der Waals surface area (Å²) in [5.41, 5.74) is 0.0672. The zero-order chi connectivity index (χ0) is 20.4. The van der Waals surface area contributed by atoms with Crippen LogP contribution in [0.3, 0.4) is 0 Å². The van der Waals surface area contributed by atoms with Crippen LogP contribution in [0.2, 0.25) is 0 Å². The van der Waals surface area contributed by atoms with Gasteiger partial charge in [-0.25, -0.2) is 9.97 Å². The van der Waals surface area contributed by atoms with Gasteiger partial charge in [-0.05, 0) is 18.4 Å². The van der Waals surface area contributed by atoms with Gasteiger partial charge in [-0.15, -0.1) is 0 Å². The number of guanidine groups is 1. The van der Waals surface area contributed by atoms with Crippen LogP contribution in [0.5, 0.6) is 0 Å². The van der Waals surface area contributed by atoms with Crippen molar-refractivity contribution in [3.63, 3.8) is 0 Å². The van der Waals surface area contributed by atoms with Gasteiger partial charge in [0.2, 0.25) is 5.95 Å². The van der Waals surface area contributed by atoms with Crippen LogP contribution < -0.4 is 15.5 Å². The quantitative estimate of drug-likeness (QED) is 0.509. The molecule has 2 heterocycles. The van der Waals surface area contributed by atoms with Crippen molar-refractivity contribution >= 4 is 11.9 Å². The van der Waals surface area contributed by atoms with Gasteiger partial charge < -0.3 is 20.3 Å². The Bertz CT molecular complexity index is 580. The molecule has 0 aliphatic carbocycles. The molecule has 1 aromatic heterocycles. The highest BCUT2D eigenvalue weighted by molar-refractivity contribution is 5.79. The number of hydrogen-bond donors (Lipinski definition) is 2. The van der Waals surface area contributed by atoms with E-state index in [4.69, 9.17) is 9.73 Å². The Labute approximate surface area is 169 Å². The monoisotopic (exact) mass is 391 g/mol. The second-order valence-corrected chi connectivity index (χ2v) is 8.11. The van der Waals surface area contributed by atoms with Crippen LogP contribution in [0.15, 0.2) is 23.5 Å². The van der Waals surface area contributed by atoms with Gasteiger partial charge in [0, 0.05) is 65.3 Å². The predicted octanol–water partition coefficient (Wildman–Crippen LogP) is 1.21. The van der Waals surface area contributed by atoms with Gasteiger partial charge in [0.05, 0.1) is 12.6 Å². The molecule has 0 spiro atoms. The Hall–Kier alpha value is -1.93. The Morgan fingerprint density at radius 3 is 2.43 bits per heavy atom. The molecule has 8 heteroatoms. The summed E-state index contributed by atoms with van der Waals surface area (Å²) >= 11 is 0. The summed E-state index contributed by atoms with van der Waals surface area (Å²) < 4.78 is 5.60. The van der Waals surface area contributed by atoms with Crippen LogP contribution >= 0.6 is 0 Å². The Morgan fingerprint density at radius 2 is 1.86 bits per heavy atom. The lowest BCUT2D eigenvalue weighted by Gasteiger charge is -2.34. The first-order valence-corrected chi connectivity index (χ1v) is 10.2. The van der Waals surface area contributed by atoms with Gasteiger partial charge in [0.15, 0.2) is 5.96 Å². The first-order valence-electron chi connectivity index (χ1n) is 10.2. The van der Waals surface area contributed by atoms with Gasteiger partial charge >= 0.3 is 0 Å². The third-order valence-electron chi connectivity index (χ3n) is 4.94. The van der Waals surface area contributed by atoms with Crippen molar-refractivity contribution in [2.24, 2.45) is 10.4 Å². The molecule has 2 N–H and O–H groups in total. The largest absolute Gasteiger partial charge is 0.379 e. The average Bonchev–Trinajstić information content (AvgIpc) is 2.68. The number of methoxy groups -OCH3 is 1. The van der Waals surface area contributed by atoms with E-state index in [1.807, 2.05) is 6.07 Å². The standard InChI is InChI=1S/C20H37N7O/c1-6-21-18(25-16-17(28-5)20(2,3)4)22-10-11-26-12-14-27(15-13-26)19-23-8-7-9-24-19/h7-9,17H,6,10-16H2,1-5H3,(H2,21,22,25). The molecule has 1 saturated heterocycles. The first-order chi connectivity index (χ1) is 13.4. The van der Waals surface area contributed by atoms with Crippen LogP contribution in [0, 0.1) is 5.41 Å². The maximum absolute atomic E-state index is 5.60. The van der Waals surface area contributed by atoms with Crippen molar-refractivity contribution < 1.29 is 4.74 Å². The number of nitrogens with zero attached hydrogens (tertiary/aromatic N) is 5. The fourth-order valence-corrected chi connectivity index (χ4v) is 3.18. The van der Waals surface area contributed by atoms with E-state index in [0.717, 1.165) is 57.7 Å². The fraction of sp³-hybridized carbons (Fsp3) is 0.750. The molecule has 0 saturated carbocycles. The number of aliphatic imine (C=N–C) groups is 1. The third kappa shape index (κ3) is 7.24. The molecule has 158 valence electrons. The normalized spacial score (nSPS) is 17.5. The summed E-state index contributed by atoms with van der Waals surface area (Å²) in [5, 5.41) is 6.76. The molecular weight excluding hydrogens is 354 g/mol. The molecule has 1 aliphatic heterocycles. The molecule has 0 aromatic carbocycles. The van der Waals surface area contributed by atoms with E-state index in [1.54, 1.807) is 19.5 Å². The maximum atomic E-state index is 5.60. The Balaban J connectivity index is 1.75. The summed E-state index contributed by atoms with van der Waals surface area (Å²) in [6.45, 7) is 15.9. The highest BCUT2D eigenvalue weighted by atomic mass is 16.5. The Kier molecular flexibility index (Phi) is 8.92. The van der Waals surface area contributed by atoms with E-state index in [1.165, 1.54) is 0 Å². The van der Waals surface area contributed by atoms with Crippen molar-refractivity contribution in [2.75, 3.05) is 64.4 Å². The molecule has 2 rings (SSSR count). The van der Waals surface area contributed by atoms with E-state index in [2.05, 4.69) is 58.1 Å². The summed E-state index contributed by atoms with van der Waals surface area (Å²) in [6.07, 6.45) is 3.69. The lowest BCUT2D eigenvalue weighted by molar-refractivity contribution is 0.0241. The number of ether oxygens (including phenoxy) is 1. The number of rotatable bonds is 8. The summed E-state index contributed by atoms with van der Waals surface area (Å²) in [7, 11) is 1.76. The van der Waals surface area contributed by atoms with Crippen molar-refractivity contribution in [1.29, 1.82) is 0 Å². The molecule has 1 atom stereocenters. The van der Waals surface area contributed by atoms with Gasteiger partial charge in [-0.1, -0.05) is 20.8 Å². The van der Waals surface area contributed by atoms with Gasteiger partial charge in [-0.2, -0.15) is 0 Å². The fourth-order valence-electron chi connectivity index (χ4n) is 3.18. The minimum atomic E-state index is 0.0672. The molecule has 0 bridgehead atoms. The summed E-state index contributed by atoms with van der Waals surface area (Å²) in [5.74, 6) is 1.68. The number of piperazine rings is 1. The number of aromatic nitrogens is 2. The third-order valence-corrected chi connectivity index (χ3v) is 4.94. The number of hydrogen-bond acceptors (Lipinski definition) is 6. The molecule has 28 heavy (non-hydrogen) atoms. The SMILES string of the molecule is CCNC(=NCC(OC)C(C)(C)C)NCCN1CCN(c2ncccn2)CC1. The van der Waals surface area contributed by atoms with Gasteiger partial charge in [0.25, 0.3) is 0 Å². The molecule has 8 nitrogen and oxygen atoms in total. The molecule has 0 amide bonds. The minimum absolute atomic E-state index is 0.0672. The zero-order valence-electron chi connectivity index (χ0n) is 18.1. The van der Waals surface area contributed by atoms with Crippen LogP contribution in [0.25, 0.3) is 0 Å². The van der Waals surface area contributed by atoms with Crippen LogP contribution in [0.4, 0.5) is 5.95 Å². The number of nitrogens with one attached hydrogen (secondary N) is 2. The van der Waals surface area contributed by atoms with E-state index in [-0.39, 0.29) is 11.5 Å². The smallest absolute Gasteiger partial charge is 0.225 e. The first kappa shape index (κ1) is 22.4. The predicted molar refractivity (Wildman–Crippen MR) is 115 cm³/mol. The van der Waals surface area contributed by atoms with Gasteiger partial charge in [-0.3, -0.25) is 9.89 Å².